The first-order chi connectivity index (χ1) is 15.0. The minimum atomic E-state index is -0.0170. The molecule has 1 N–H and O–H groups in total. The summed E-state index contributed by atoms with van der Waals surface area (Å²) in [6.07, 6.45) is 0.423. The molecule has 0 bridgehead atoms. The van der Waals surface area contributed by atoms with Gasteiger partial charge in [-0.1, -0.05) is 28.1 Å². The lowest BCUT2D eigenvalue weighted by molar-refractivity contribution is -0.119. The van der Waals surface area contributed by atoms with Crippen LogP contribution >= 0.6 is 15.9 Å². The number of carbonyl (C=O) groups is 1. The third-order valence-corrected chi connectivity index (χ3v) is 6.17. The van der Waals surface area contributed by atoms with Crippen LogP contribution in [0.4, 0.5) is 11.4 Å². The summed E-state index contributed by atoms with van der Waals surface area (Å²) < 4.78 is 12.8. The van der Waals surface area contributed by atoms with E-state index in [1.54, 1.807) is 0 Å². The van der Waals surface area contributed by atoms with E-state index in [0.29, 0.717) is 19.7 Å². The van der Waals surface area contributed by atoms with Crippen molar-refractivity contribution in [2.75, 3.05) is 49.5 Å². The van der Waals surface area contributed by atoms with Crippen molar-refractivity contribution in [3.8, 4) is 0 Å². The molecule has 2 aliphatic heterocycles. The molecule has 3 unspecified atom stereocenters. The summed E-state index contributed by atoms with van der Waals surface area (Å²) in [6.45, 7) is 8.40. The van der Waals surface area contributed by atoms with E-state index in [1.807, 2.05) is 24.3 Å². The Hall–Kier alpha value is -1.93. The average Bonchev–Trinajstić information content (AvgIpc) is 2.74. The molecule has 2 saturated heterocycles. The summed E-state index contributed by atoms with van der Waals surface area (Å²) in [6, 6.07) is 16.2. The SMILES string of the molecule is CC1CN(c2ccc(NC(=O)CN3CCOC(c4cccc(Br)c4)C3)cc2)CC(C)O1. The molecule has 2 fully saturated rings. The van der Waals surface area contributed by atoms with E-state index in [9.17, 15) is 4.79 Å². The third kappa shape index (κ3) is 6.07. The Morgan fingerprint density at radius 1 is 1.10 bits per heavy atom. The first kappa shape index (κ1) is 22.3. The second-order valence-electron chi connectivity index (χ2n) is 8.41. The van der Waals surface area contributed by atoms with Crippen LogP contribution in [0.1, 0.15) is 25.5 Å². The lowest BCUT2D eigenvalue weighted by Crippen LogP contribution is -2.45. The second kappa shape index (κ2) is 10.1. The fraction of sp³-hybridized carbons (Fsp3) is 0.458. The molecule has 7 heteroatoms. The van der Waals surface area contributed by atoms with E-state index in [2.05, 4.69) is 69.2 Å². The van der Waals surface area contributed by atoms with Crippen molar-refractivity contribution in [2.45, 2.75) is 32.2 Å². The van der Waals surface area contributed by atoms with Crippen molar-refractivity contribution in [1.29, 1.82) is 0 Å². The van der Waals surface area contributed by atoms with Gasteiger partial charge in [-0.3, -0.25) is 9.69 Å². The molecule has 0 spiro atoms. The molecular formula is C24H30BrN3O3. The summed E-state index contributed by atoms with van der Waals surface area (Å²) in [5, 5.41) is 3.03. The van der Waals surface area contributed by atoms with Gasteiger partial charge in [0.2, 0.25) is 5.91 Å². The van der Waals surface area contributed by atoms with Crippen LogP contribution in [0.15, 0.2) is 53.0 Å². The summed E-state index contributed by atoms with van der Waals surface area (Å²) in [4.78, 5) is 17.1. The van der Waals surface area contributed by atoms with Gasteiger partial charge in [-0.05, 0) is 55.8 Å². The zero-order chi connectivity index (χ0) is 21.8. The number of morpholine rings is 2. The number of hydrogen-bond acceptors (Lipinski definition) is 5. The molecule has 4 rings (SSSR count). The van der Waals surface area contributed by atoms with Gasteiger partial charge in [-0.2, -0.15) is 0 Å². The highest BCUT2D eigenvalue weighted by atomic mass is 79.9. The number of halogens is 1. The molecule has 6 nitrogen and oxygen atoms in total. The van der Waals surface area contributed by atoms with Gasteiger partial charge < -0.3 is 19.7 Å². The summed E-state index contributed by atoms with van der Waals surface area (Å²) in [7, 11) is 0. The minimum Gasteiger partial charge on any atom is -0.372 e. The molecule has 1 amide bonds. The first-order valence-corrected chi connectivity index (χ1v) is 11.7. The fourth-order valence-electron chi connectivity index (χ4n) is 4.30. The quantitative estimate of drug-likeness (QED) is 0.688. The maximum Gasteiger partial charge on any atom is 0.238 e. The van der Waals surface area contributed by atoms with E-state index < -0.39 is 0 Å². The molecule has 2 heterocycles. The van der Waals surface area contributed by atoms with Gasteiger partial charge in [0.05, 0.1) is 31.5 Å². The van der Waals surface area contributed by atoms with E-state index in [4.69, 9.17) is 9.47 Å². The predicted molar refractivity (Wildman–Crippen MR) is 127 cm³/mol. The molecule has 3 atom stereocenters. The van der Waals surface area contributed by atoms with E-state index in [-0.39, 0.29) is 24.2 Å². The standard InChI is InChI=1S/C24H30BrN3O3/c1-17-13-28(14-18(2)31-17)22-8-6-21(7-9-22)26-24(29)16-27-10-11-30-23(15-27)19-4-3-5-20(25)12-19/h3-9,12,17-18,23H,10-11,13-16H2,1-2H3,(H,26,29). The van der Waals surface area contributed by atoms with Crippen LogP contribution in [-0.2, 0) is 14.3 Å². The molecule has 0 radical (unpaired) electrons. The van der Waals surface area contributed by atoms with Crippen molar-refractivity contribution >= 4 is 33.2 Å². The Balaban J connectivity index is 1.30. The minimum absolute atomic E-state index is 0.00346. The molecule has 2 aromatic rings. The van der Waals surface area contributed by atoms with Crippen molar-refractivity contribution in [2.24, 2.45) is 0 Å². The highest BCUT2D eigenvalue weighted by Crippen LogP contribution is 2.25. The van der Waals surface area contributed by atoms with E-state index in [1.165, 1.54) is 0 Å². The fourth-order valence-corrected chi connectivity index (χ4v) is 4.72. The Morgan fingerprint density at radius 2 is 1.84 bits per heavy atom. The lowest BCUT2D eigenvalue weighted by Gasteiger charge is -2.36. The molecule has 31 heavy (non-hydrogen) atoms. The van der Waals surface area contributed by atoms with Crippen molar-refractivity contribution in [3.63, 3.8) is 0 Å². The Kier molecular flexibility index (Phi) is 7.27. The topological polar surface area (TPSA) is 54.0 Å². The third-order valence-electron chi connectivity index (χ3n) is 5.67. The number of amides is 1. The number of rotatable bonds is 5. The van der Waals surface area contributed by atoms with Gasteiger partial charge in [-0.25, -0.2) is 0 Å². The highest BCUT2D eigenvalue weighted by molar-refractivity contribution is 9.10. The number of hydrogen-bond donors (Lipinski definition) is 1. The normalized spacial score (nSPS) is 24.7. The van der Waals surface area contributed by atoms with Crippen molar-refractivity contribution in [1.82, 2.24) is 4.90 Å². The van der Waals surface area contributed by atoms with Crippen LogP contribution in [0.3, 0.4) is 0 Å². The average molecular weight is 488 g/mol. The molecule has 2 aromatic carbocycles. The number of anilines is 2. The van der Waals surface area contributed by atoms with Crippen molar-refractivity contribution < 1.29 is 14.3 Å². The van der Waals surface area contributed by atoms with Crippen molar-refractivity contribution in [3.05, 3.63) is 58.6 Å². The van der Waals surface area contributed by atoms with Crippen LogP contribution < -0.4 is 10.2 Å². The Labute approximate surface area is 192 Å². The maximum absolute atomic E-state index is 12.6. The predicted octanol–water partition coefficient (Wildman–Crippen LogP) is 4.07. The van der Waals surface area contributed by atoms with Gasteiger partial charge in [0, 0.05) is 42.0 Å². The molecular weight excluding hydrogens is 458 g/mol. The number of benzene rings is 2. The van der Waals surface area contributed by atoms with Gasteiger partial charge in [0.15, 0.2) is 0 Å². The number of nitrogens with one attached hydrogen (secondary N) is 1. The second-order valence-corrected chi connectivity index (χ2v) is 9.32. The smallest absolute Gasteiger partial charge is 0.238 e. The summed E-state index contributed by atoms with van der Waals surface area (Å²) >= 11 is 3.51. The maximum atomic E-state index is 12.6. The first-order valence-electron chi connectivity index (χ1n) is 10.9. The number of nitrogens with zero attached hydrogens (tertiary/aromatic N) is 2. The number of ether oxygens (including phenoxy) is 2. The molecule has 166 valence electrons. The zero-order valence-corrected chi connectivity index (χ0v) is 19.7. The van der Waals surface area contributed by atoms with Gasteiger partial charge >= 0.3 is 0 Å². The summed E-state index contributed by atoms with van der Waals surface area (Å²) in [5.74, 6) is -0.00346. The van der Waals surface area contributed by atoms with Gasteiger partial charge in [0.1, 0.15) is 0 Å². The molecule has 2 aliphatic rings. The van der Waals surface area contributed by atoms with Gasteiger partial charge in [0.25, 0.3) is 0 Å². The van der Waals surface area contributed by atoms with Crippen LogP contribution in [0.2, 0.25) is 0 Å². The Morgan fingerprint density at radius 3 is 2.55 bits per heavy atom. The van der Waals surface area contributed by atoms with Crippen LogP contribution in [0.25, 0.3) is 0 Å². The van der Waals surface area contributed by atoms with Crippen LogP contribution in [0, 0.1) is 0 Å². The molecule has 0 saturated carbocycles. The van der Waals surface area contributed by atoms with E-state index >= 15 is 0 Å². The number of carbonyl (C=O) groups excluding carboxylic acids is 1. The molecule has 0 aromatic heterocycles. The van der Waals surface area contributed by atoms with Crippen LogP contribution in [-0.4, -0.2) is 62.3 Å². The van der Waals surface area contributed by atoms with Gasteiger partial charge in [-0.15, -0.1) is 0 Å². The largest absolute Gasteiger partial charge is 0.372 e. The molecule has 0 aliphatic carbocycles. The summed E-state index contributed by atoms with van der Waals surface area (Å²) in [5.41, 5.74) is 3.10. The highest BCUT2D eigenvalue weighted by Gasteiger charge is 2.24. The lowest BCUT2D eigenvalue weighted by atomic mass is 10.1. The van der Waals surface area contributed by atoms with Crippen LogP contribution in [0.5, 0.6) is 0 Å². The monoisotopic (exact) mass is 487 g/mol. The zero-order valence-electron chi connectivity index (χ0n) is 18.1. The van der Waals surface area contributed by atoms with E-state index in [0.717, 1.165) is 41.0 Å². The Bertz CT molecular complexity index is 882.